The zero-order valence-corrected chi connectivity index (χ0v) is 9.83. The molecule has 1 heterocycles. The minimum absolute atomic E-state index is 0.324. The van der Waals surface area contributed by atoms with Crippen LogP contribution in [0.4, 0.5) is 4.39 Å². The van der Waals surface area contributed by atoms with Crippen LogP contribution in [0.1, 0.15) is 4.88 Å². The highest BCUT2D eigenvalue weighted by molar-refractivity contribution is 7.15. The maximum Gasteiger partial charge on any atom is 0.133 e. The van der Waals surface area contributed by atoms with Gasteiger partial charge in [0.1, 0.15) is 10.8 Å². The van der Waals surface area contributed by atoms with E-state index < -0.39 is 0 Å². The molecule has 1 aromatic carbocycles. The summed E-state index contributed by atoms with van der Waals surface area (Å²) in [6, 6.07) is 4.41. The molecule has 5 heteroatoms. The first-order valence-corrected chi connectivity index (χ1v) is 5.89. The smallest absolute Gasteiger partial charge is 0.133 e. The molecule has 0 fully saturated rings. The van der Waals surface area contributed by atoms with Crippen LogP contribution in [-0.4, -0.2) is 4.98 Å². The fourth-order valence-corrected chi connectivity index (χ4v) is 2.34. The molecule has 0 aliphatic carbocycles. The van der Waals surface area contributed by atoms with Crippen molar-refractivity contribution in [1.29, 1.82) is 0 Å². The average molecular weight is 262 g/mol. The van der Waals surface area contributed by atoms with E-state index in [-0.39, 0.29) is 5.82 Å². The Morgan fingerprint density at radius 2 is 2.20 bits per heavy atom. The summed E-state index contributed by atoms with van der Waals surface area (Å²) in [5.41, 5.74) is 0.420. The van der Waals surface area contributed by atoms with Gasteiger partial charge < -0.3 is 0 Å². The predicted octanol–water partition coefficient (Wildman–Crippen LogP) is 4.34. The summed E-state index contributed by atoms with van der Waals surface area (Å²) in [6.07, 6.45) is 1.65. The number of rotatable bonds is 2. The maximum absolute atomic E-state index is 13.4. The Morgan fingerprint density at radius 1 is 1.40 bits per heavy atom. The van der Waals surface area contributed by atoms with Crippen molar-refractivity contribution in [3.8, 4) is 10.6 Å². The molecule has 0 bridgehead atoms. The number of thiazole rings is 1. The number of nitrogens with zero attached hydrogens (tertiary/aromatic N) is 1. The Hall–Kier alpha value is -0.640. The van der Waals surface area contributed by atoms with Gasteiger partial charge in [0, 0.05) is 21.7 Å². The number of hydrogen-bond donors (Lipinski definition) is 0. The van der Waals surface area contributed by atoms with Gasteiger partial charge in [-0.1, -0.05) is 11.6 Å². The minimum atomic E-state index is -0.324. The summed E-state index contributed by atoms with van der Waals surface area (Å²) in [4.78, 5) is 5.00. The van der Waals surface area contributed by atoms with Crippen LogP contribution in [0.5, 0.6) is 0 Å². The van der Waals surface area contributed by atoms with Crippen LogP contribution in [0.15, 0.2) is 24.4 Å². The molecule has 0 radical (unpaired) electrons. The lowest BCUT2D eigenvalue weighted by Crippen LogP contribution is -1.82. The second kappa shape index (κ2) is 4.47. The first-order chi connectivity index (χ1) is 7.20. The van der Waals surface area contributed by atoms with Crippen molar-refractivity contribution in [2.75, 3.05) is 0 Å². The molecule has 1 nitrogen and oxygen atoms in total. The van der Waals surface area contributed by atoms with E-state index in [1.165, 1.54) is 23.5 Å². The molecular formula is C10H6Cl2FNS. The van der Waals surface area contributed by atoms with Gasteiger partial charge in [-0.05, 0) is 18.2 Å². The van der Waals surface area contributed by atoms with E-state index in [2.05, 4.69) is 4.98 Å². The highest BCUT2D eigenvalue weighted by atomic mass is 35.5. The molecular weight excluding hydrogens is 256 g/mol. The number of hydrogen-bond acceptors (Lipinski definition) is 2. The quantitative estimate of drug-likeness (QED) is 0.733. The van der Waals surface area contributed by atoms with Gasteiger partial charge in [0.15, 0.2) is 0 Å². The van der Waals surface area contributed by atoms with E-state index in [0.717, 1.165) is 4.88 Å². The molecule has 0 spiro atoms. The molecule has 0 saturated heterocycles. The minimum Gasteiger partial charge on any atom is -0.244 e. The van der Waals surface area contributed by atoms with E-state index in [4.69, 9.17) is 23.2 Å². The van der Waals surface area contributed by atoms with Crippen LogP contribution in [0.2, 0.25) is 5.02 Å². The predicted molar refractivity (Wildman–Crippen MR) is 62.1 cm³/mol. The molecule has 2 aromatic rings. The van der Waals surface area contributed by atoms with Gasteiger partial charge in [-0.3, -0.25) is 0 Å². The Kier molecular flexibility index (Phi) is 3.24. The van der Waals surface area contributed by atoms with Crippen molar-refractivity contribution >= 4 is 34.5 Å². The van der Waals surface area contributed by atoms with E-state index in [0.29, 0.717) is 21.5 Å². The molecule has 15 heavy (non-hydrogen) atoms. The van der Waals surface area contributed by atoms with Crippen LogP contribution < -0.4 is 0 Å². The molecule has 78 valence electrons. The van der Waals surface area contributed by atoms with Crippen molar-refractivity contribution in [2.24, 2.45) is 0 Å². The lowest BCUT2D eigenvalue weighted by atomic mass is 10.2. The summed E-state index contributed by atoms with van der Waals surface area (Å²) >= 11 is 12.8. The summed E-state index contributed by atoms with van der Waals surface area (Å²) < 4.78 is 13.4. The Morgan fingerprint density at radius 3 is 2.87 bits per heavy atom. The lowest BCUT2D eigenvalue weighted by Gasteiger charge is -1.98. The number of halogens is 3. The summed E-state index contributed by atoms with van der Waals surface area (Å²) in [6.45, 7) is 0. The van der Waals surface area contributed by atoms with Crippen LogP contribution in [0.25, 0.3) is 10.6 Å². The molecule has 0 aliphatic rings. The van der Waals surface area contributed by atoms with Gasteiger partial charge in [-0.15, -0.1) is 22.9 Å². The molecule has 0 aliphatic heterocycles. The fraction of sp³-hybridized carbons (Fsp3) is 0.100. The zero-order valence-electron chi connectivity index (χ0n) is 7.51. The monoisotopic (exact) mass is 261 g/mol. The number of aromatic nitrogens is 1. The van der Waals surface area contributed by atoms with E-state index >= 15 is 0 Å². The largest absolute Gasteiger partial charge is 0.244 e. The average Bonchev–Trinajstić information content (AvgIpc) is 2.70. The summed E-state index contributed by atoms with van der Waals surface area (Å²) in [5.74, 6) is 0.0645. The summed E-state index contributed by atoms with van der Waals surface area (Å²) in [7, 11) is 0. The molecule has 2 rings (SSSR count). The Bertz CT molecular complexity index is 484. The fourth-order valence-electron chi connectivity index (χ4n) is 1.16. The maximum atomic E-state index is 13.4. The Balaban J connectivity index is 2.48. The second-order valence-corrected chi connectivity index (χ2v) is 4.71. The number of benzene rings is 1. The second-order valence-electron chi connectivity index (χ2n) is 2.89. The first-order valence-electron chi connectivity index (χ1n) is 4.17. The van der Waals surface area contributed by atoms with Crippen molar-refractivity contribution in [1.82, 2.24) is 4.98 Å². The number of alkyl halides is 1. The van der Waals surface area contributed by atoms with Crippen molar-refractivity contribution in [3.05, 3.63) is 40.1 Å². The van der Waals surface area contributed by atoms with Crippen LogP contribution in [0, 0.1) is 5.82 Å². The van der Waals surface area contributed by atoms with E-state index in [1.54, 1.807) is 12.3 Å². The lowest BCUT2D eigenvalue weighted by molar-refractivity contribution is 0.631. The third-order valence-electron chi connectivity index (χ3n) is 1.84. The normalized spacial score (nSPS) is 10.6. The third kappa shape index (κ3) is 2.30. The van der Waals surface area contributed by atoms with Crippen molar-refractivity contribution in [2.45, 2.75) is 5.88 Å². The van der Waals surface area contributed by atoms with Gasteiger partial charge in [0.05, 0.1) is 5.88 Å². The topological polar surface area (TPSA) is 12.9 Å². The zero-order chi connectivity index (χ0) is 10.8. The van der Waals surface area contributed by atoms with Gasteiger partial charge >= 0.3 is 0 Å². The standard InChI is InChI=1S/C10H6Cl2FNS/c11-4-7-5-14-10(15-7)8-3-6(12)1-2-9(8)13/h1-3,5H,4H2. The highest BCUT2D eigenvalue weighted by Crippen LogP contribution is 2.30. The van der Waals surface area contributed by atoms with Crippen molar-refractivity contribution in [3.63, 3.8) is 0 Å². The van der Waals surface area contributed by atoms with Gasteiger partial charge in [0.25, 0.3) is 0 Å². The Labute approximate surface area is 100 Å². The van der Waals surface area contributed by atoms with E-state index in [1.807, 2.05) is 0 Å². The van der Waals surface area contributed by atoms with Gasteiger partial charge in [-0.25, -0.2) is 9.37 Å². The molecule has 0 unspecified atom stereocenters. The highest BCUT2D eigenvalue weighted by Gasteiger charge is 2.09. The van der Waals surface area contributed by atoms with Crippen LogP contribution in [-0.2, 0) is 5.88 Å². The SMILES string of the molecule is Fc1ccc(Cl)cc1-c1ncc(CCl)s1. The molecule has 0 amide bonds. The summed E-state index contributed by atoms with van der Waals surface area (Å²) in [5, 5.41) is 1.10. The van der Waals surface area contributed by atoms with Gasteiger partial charge in [0.2, 0.25) is 0 Å². The van der Waals surface area contributed by atoms with Crippen molar-refractivity contribution < 1.29 is 4.39 Å². The van der Waals surface area contributed by atoms with Crippen LogP contribution in [0.3, 0.4) is 0 Å². The van der Waals surface area contributed by atoms with Gasteiger partial charge in [-0.2, -0.15) is 0 Å². The molecule has 0 atom stereocenters. The first kappa shape index (κ1) is 10.9. The van der Waals surface area contributed by atoms with Crippen LogP contribution >= 0.6 is 34.5 Å². The molecule has 0 saturated carbocycles. The molecule has 0 N–H and O–H groups in total. The third-order valence-corrected chi connectivity index (χ3v) is 3.56. The molecule has 1 aromatic heterocycles. The van der Waals surface area contributed by atoms with E-state index in [9.17, 15) is 4.39 Å².